The molecule has 1 aliphatic heterocycles. The van der Waals surface area contributed by atoms with E-state index in [9.17, 15) is 4.79 Å². The van der Waals surface area contributed by atoms with Gasteiger partial charge in [-0.15, -0.1) is 6.58 Å². The molecule has 1 aliphatic carbocycles. The van der Waals surface area contributed by atoms with Crippen molar-refractivity contribution in [3.8, 4) is 0 Å². The first-order valence-corrected chi connectivity index (χ1v) is 6.40. The van der Waals surface area contributed by atoms with Gasteiger partial charge in [0.05, 0.1) is 5.57 Å². The van der Waals surface area contributed by atoms with E-state index >= 15 is 0 Å². The summed E-state index contributed by atoms with van der Waals surface area (Å²) >= 11 is 0. The predicted octanol–water partition coefficient (Wildman–Crippen LogP) is 3.46. The van der Waals surface area contributed by atoms with Crippen LogP contribution in [0.4, 0.5) is 0 Å². The van der Waals surface area contributed by atoms with Crippen molar-refractivity contribution in [2.75, 3.05) is 0 Å². The van der Waals surface area contributed by atoms with Crippen molar-refractivity contribution in [1.29, 1.82) is 0 Å². The number of hydrogen-bond donors (Lipinski definition) is 0. The SMILES string of the molecule is C=CCCCC1(C)OC(=O)C2=C(CCCC2)O1. The lowest BCUT2D eigenvalue weighted by atomic mass is 9.96. The summed E-state index contributed by atoms with van der Waals surface area (Å²) in [5.74, 6) is -0.0725. The molecular formula is C14H20O3. The monoisotopic (exact) mass is 236 g/mol. The van der Waals surface area contributed by atoms with Gasteiger partial charge in [-0.1, -0.05) is 6.08 Å². The summed E-state index contributed by atoms with van der Waals surface area (Å²) in [6.07, 6.45) is 8.29. The average Bonchev–Trinajstić information content (AvgIpc) is 2.29. The molecule has 0 N–H and O–H groups in total. The molecule has 0 bridgehead atoms. The summed E-state index contributed by atoms with van der Waals surface area (Å²) in [7, 11) is 0. The van der Waals surface area contributed by atoms with Gasteiger partial charge in [0.15, 0.2) is 0 Å². The van der Waals surface area contributed by atoms with Gasteiger partial charge in [0.25, 0.3) is 5.79 Å². The first-order chi connectivity index (χ1) is 8.14. The molecule has 94 valence electrons. The van der Waals surface area contributed by atoms with Crippen LogP contribution in [0.2, 0.25) is 0 Å². The summed E-state index contributed by atoms with van der Waals surface area (Å²) in [5, 5.41) is 0. The quantitative estimate of drug-likeness (QED) is 0.426. The molecule has 0 spiro atoms. The van der Waals surface area contributed by atoms with Gasteiger partial charge >= 0.3 is 5.97 Å². The summed E-state index contributed by atoms with van der Waals surface area (Å²) in [5.41, 5.74) is 0.762. The Bertz CT molecular complexity index is 356. The topological polar surface area (TPSA) is 35.5 Å². The highest BCUT2D eigenvalue weighted by Crippen LogP contribution is 2.37. The van der Waals surface area contributed by atoms with Gasteiger partial charge in [0.1, 0.15) is 5.76 Å². The lowest BCUT2D eigenvalue weighted by Gasteiger charge is -2.37. The van der Waals surface area contributed by atoms with Crippen LogP contribution in [0.3, 0.4) is 0 Å². The molecule has 0 radical (unpaired) electrons. The molecule has 0 amide bonds. The first-order valence-electron chi connectivity index (χ1n) is 6.40. The van der Waals surface area contributed by atoms with Crippen LogP contribution in [0, 0.1) is 0 Å². The van der Waals surface area contributed by atoms with Gasteiger partial charge in [0, 0.05) is 19.8 Å². The Labute approximate surface area is 102 Å². The number of rotatable bonds is 4. The van der Waals surface area contributed by atoms with Crippen LogP contribution in [-0.2, 0) is 14.3 Å². The van der Waals surface area contributed by atoms with Crippen molar-refractivity contribution in [3.05, 3.63) is 24.0 Å². The second kappa shape index (κ2) is 4.94. The molecular weight excluding hydrogens is 216 g/mol. The molecule has 0 aromatic heterocycles. The molecule has 3 nitrogen and oxygen atoms in total. The van der Waals surface area contributed by atoms with E-state index in [1.807, 2.05) is 13.0 Å². The zero-order valence-corrected chi connectivity index (χ0v) is 10.5. The maximum atomic E-state index is 11.9. The van der Waals surface area contributed by atoms with Crippen molar-refractivity contribution in [2.45, 2.75) is 57.7 Å². The number of hydrogen-bond acceptors (Lipinski definition) is 3. The fraction of sp³-hybridized carbons (Fsp3) is 0.643. The predicted molar refractivity (Wildman–Crippen MR) is 65.1 cm³/mol. The van der Waals surface area contributed by atoms with Gasteiger partial charge in [-0.3, -0.25) is 0 Å². The molecule has 1 heterocycles. The Hall–Kier alpha value is -1.25. The highest BCUT2D eigenvalue weighted by atomic mass is 16.7. The standard InChI is InChI=1S/C14H20O3/c1-3-4-7-10-14(2)16-12-9-6-5-8-11(12)13(15)17-14/h3H,1,4-10H2,2H3. The molecule has 1 atom stereocenters. The zero-order chi connectivity index (χ0) is 12.3. The van der Waals surface area contributed by atoms with Crippen LogP contribution in [0.5, 0.6) is 0 Å². The zero-order valence-electron chi connectivity index (χ0n) is 10.5. The van der Waals surface area contributed by atoms with Gasteiger partial charge in [-0.05, 0) is 32.1 Å². The lowest BCUT2D eigenvalue weighted by Crippen LogP contribution is -2.40. The number of ether oxygens (including phenoxy) is 2. The molecule has 17 heavy (non-hydrogen) atoms. The van der Waals surface area contributed by atoms with E-state index in [1.165, 1.54) is 0 Å². The summed E-state index contributed by atoms with van der Waals surface area (Å²) in [6, 6.07) is 0. The maximum absolute atomic E-state index is 11.9. The van der Waals surface area contributed by atoms with Gasteiger partial charge in [-0.25, -0.2) is 4.79 Å². The van der Waals surface area contributed by atoms with Crippen molar-refractivity contribution >= 4 is 5.97 Å². The van der Waals surface area contributed by atoms with E-state index in [4.69, 9.17) is 9.47 Å². The number of carbonyl (C=O) groups excluding carboxylic acids is 1. The largest absolute Gasteiger partial charge is 0.456 e. The van der Waals surface area contributed by atoms with E-state index < -0.39 is 5.79 Å². The lowest BCUT2D eigenvalue weighted by molar-refractivity contribution is -0.220. The van der Waals surface area contributed by atoms with Crippen LogP contribution in [0.15, 0.2) is 24.0 Å². The van der Waals surface area contributed by atoms with Crippen LogP contribution in [-0.4, -0.2) is 11.8 Å². The molecule has 0 saturated carbocycles. The fourth-order valence-corrected chi connectivity index (χ4v) is 2.41. The van der Waals surface area contributed by atoms with Crippen molar-refractivity contribution in [1.82, 2.24) is 0 Å². The molecule has 2 aliphatic rings. The number of unbranched alkanes of at least 4 members (excludes halogenated alkanes) is 1. The number of cyclic esters (lactones) is 1. The summed E-state index contributed by atoms with van der Waals surface area (Å²) in [4.78, 5) is 11.9. The van der Waals surface area contributed by atoms with Crippen molar-refractivity contribution in [2.24, 2.45) is 0 Å². The Morgan fingerprint density at radius 3 is 2.88 bits per heavy atom. The normalized spacial score (nSPS) is 28.2. The Morgan fingerprint density at radius 1 is 1.35 bits per heavy atom. The second-order valence-corrected chi connectivity index (χ2v) is 4.92. The van der Waals surface area contributed by atoms with Gasteiger partial charge in [0.2, 0.25) is 0 Å². The average molecular weight is 236 g/mol. The van der Waals surface area contributed by atoms with Gasteiger partial charge < -0.3 is 9.47 Å². The number of carbonyl (C=O) groups is 1. The minimum absolute atomic E-state index is 0.174. The summed E-state index contributed by atoms with van der Waals surface area (Å²) < 4.78 is 11.3. The molecule has 0 aromatic rings. The highest BCUT2D eigenvalue weighted by molar-refractivity contribution is 5.90. The van der Waals surface area contributed by atoms with E-state index in [0.717, 1.165) is 56.3 Å². The van der Waals surface area contributed by atoms with E-state index in [-0.39, 0.29) is 5.97 Å². The minimum atomic E-state index is -0.768. The first kappa shape index (κ1) is 12.2. The van der Waals surface area contributed by atoms with Crippen LogP contribution < -0.4 is 0 Å². The Morgan fingerprint density at radius 2 is 2.12 bits per heavy atom. The molecule has 1 unspecified atom stereocenters. The molecule has 0 fully saturated rings. The third-order valence-corrected chi connectivity index (χ3v) is 3.35. The molecule has 2 rings (SSSR count). The Balaban J connectivity index is 2.06. The van der Waals surface area contributed by atoms with E-state index in [1.54, 1.807) is 0 Å². The van der Waals surface area contributed by atoms with Crippen LogP contribution in [0.1, 0.15) is 51.9 Å². The van der Waals surface area contributed by atoms with Crippen LogP contribution >= 0.6 is 0 Å². The third kappa shape index (κ3) is 2.71. The third-order valence-electron chi connectivity index (χ3n) is 3.35. The van der Waals surface area contributed by atoms with E-state index in [2.05, 4.69) is 6.58 Å². The highest BCUT2D eigenvalue weighted by Gasteiger charge is 2.39. The smallest absolute Gasteiger partial charge is 0.340 e. The van der Waals surface area contributed by atoms with E-state index in [0.29, 0.717) is 0 Å². The molecule has 3 heteroatoms. The molecule has 0 aromatic carbocycles. The fourth-order valence-electron chi connectivity index (χ4n) is 2.41. The van der Waals surface area contributed by atoms with Crippen LogP contribution in [0.25, 0.3) is 0 Å². The number of allylic oxidation sites excluding steroid dienone is 2. The van der Waals surface area contributed by atoms with Crippen molar-refractivity contribution < 1.29 is 14.3 Å². The summed E-state index contributed by atoms with van der Waals surface area (Å²) in [6.45, 7) is 5.54. The number of esters is 1. The van der Waals surface area contributed by atoms with Crippen molar-refractivity contribution in [3.63, 3.8) is 0 Å². The van der Waals surface area contributed by atoms with Gasteiger partial charge in [-0.2, -0.15) is 0 Å². The molecule has 0 saturated heterocycles. The second-order valence-electron chi connectivity index (χ2n) is 4.92. The Kier molecular flexibility index (Phi) is 3.55. The minimum Gasteiger partial charge on any atom is -0.456 e. The maximum Gasteiger partial charge on any atom is 0.340 e.